The summed E-state index contributed by atoms with van der Waals surface area (Å²) in [5, 5.41) is 17.2. The third kappa shape index (κ3) is 5.12. The van der Waals surface area contributed by atoms with Gasteiger partial charge in [-0.15, -0.1) is 0 Å². The Balaban J connectivity index is 4.20. The highest BCUT2D eigenvalue weighted by Crippen LogP contribution is 2.02. The number of aliphatic hydroxyl groups is 1. The number of hydrogen-bond acceptors (Lipinski definition) is 4. The summed E-state index contributed by atoms with van der Waals surface area (Å²) in [5.74, 6) is -0.553. The number of carbonyl (C=O) groups excluding carboxylic acids is 1. The highest BCUT2D eigenvalue weighted by molar-refractivity contribution is 5.88. The second-order valence-electron chi connectivity index (χ2n) is 2.91. The highest BCUT2D eigenvalue weighted by Gasteiger charge is 2.07. The largest absolute Gasteiger partial charge is 0.460 e. The molecule has 0 aliphatic heterocycles. The Kier molecular flexibility index (Phi) is 5.27. The van der Waals surface area contributed by atoms with Crippen molar-refractivity contribution in [3.63, 3.8) is 0 Å². The predicted molar refractivity (Wildman–Crippen MR) is 51.1 cm³/mol. The van der Waals surface area contributed by atoms with Crippen LogP contribution in [0.5, 0.6) is 0 Å². The number of carbonyl (C=O) groups is 1. The Labute approximate surface area is 83.1 Å². The van der Waals surface area contributed by atoms with E-state index in [4.69, 9.17) is 15.1 Å². The van der Waals surface area contributed by atoms with Gasteiger partial charge < -0.3 is 9.84 Å². The van der Waals surface area contributed by atoms with Crippen LogP contribution in [0.25, 0.3) is 0 Å². The maximum absolute atomic E-state index is 11.1. The fourth-order valence-corrected chi connectivity index (χ4v) is 0.663. The van der Waals surface area contributed by atoms with Crippen molar-refractivity contribution in [2.45, 2.75) is 20.0 Å². The van der Waals surface area contributed by atoms with Crippen molar-refractivity contribution in [2.24, 2.45) is 0 Å². The van der Waals surface area contributed by atoms with Gasteiger partial charge in [-0.2, -0.15) is 5.26 Å². The summed E-state index contributed by atoms with van der Waals surface area (Å²) in [6.45, 7) is 6.38. The number of nitriles is 1. The lowest BCUT2D eigenvalue weighted by atomic mass is 10.2. The van der Waals surface area contributed by atoms with Crippen LogP contribution in [0, 0.1) is 11.3 Å². The smallest absolute Gasteiger partial charge is 0.333 e. The second-order valence-corrected chi connectivity index (χ2v) is 2.91. The van der Waals surface area contributed by atoms with Crippen LogP contribution >= 0.6 is 0 Å². The summed E-state index contributed by atoms with van der Waals surface area (Å²) in [4.78, 5) is 11.1. The molecule has 1 atom stereocenters. The minimum absolute atomic E-state index is 0.0525. The molecule has 0 aromatic heterocycles. The minimum atomic E-state index is -0.689. The number of ether oxygens (including phenoxy) is 1. The summed E-state index contributed by atoms with van der Waals surface area (Å²) in [5.41, 5.74) is 0.480. The Morgan fingerprint density at radius 2 is 2.36 bits per heavy atom. The summed E-state index contributed by atoms with van der Waals surface area (Å²) >= 11 is 0. The van der Waals surface area contributed by atoms with Crippen LogP contribution in [-0.2, 0) is 9.53 Å². The zero-order chi connectivity index (χ0) is 11.1. The second kappa shape index (κ2) is 5.95. The average molecular weight is 195 g/mol. The van der Waals surface area contributed by atoms with E-state index in [0.29, 0.717) is 0 Å². The van der Waals surface area contributed by atoms with E-state index in [1.165, 1.54) is 19.9 Å². The molecular formula is C10H13NO3. The van der Waals surface area contributed by atoms with Gasteiger partial charge in [-0.1, -0.05) is 6.58 Å². The molecule has 0 fully saturated rings. The van der Waals surface area contributed by atoms with Crippen molar-refractivity contribution in [2.75, 3.05) is 6.61 Å². The molecule has 76 valence electrons. The van der Waals surface area contributed by atoms with Gasteiger partial charge in [-0.3, -0.25) is 0 Å². The molecule has 0 heterocycles. The number of aliphatic hydroxyl groups excluding tert-OH is 1. The van der Waals surface area contributed by atoms with Gasteiger partial charge in [0.25, 0.3) is 0 Å². The topological polar surface area (TPSA) is 70.3 Å². The molecule has 0 amide bonds. The molecule has 0 aromatic carbocycles. The van der Waals surface area contributed by atoms with Gasteiger partial charge in [0.2, 0.25) is 0 Å². The number of allylic oxidation sites excluding steroid dienone is 2. The van der Waals surface area contributed by atoms with Crippen LogP contribution < -0.4 is 0 Å². The maximum Gasteiger partial charge on any atom is 0.333 e. The van der Waals surface area contributed by atoms with Crippen LogP contribution in [0.15, 0.2) is 23.8 Å². The van der Waals surface area contributed by atoms with E-state index in [0.717, 1.165) is 0 Å². The van der Waals surface area contributed by atoms with Gasteiger partial charge in [-0.25, -0.2) is 4.79 Å². The van der Waals surface area contributed by atoms with Crippen LogP contribution in [0.3, 0.4) is 0 Å². The van der Waals surface area contributed by atoms with Gasteiger partial charge in [-0.05, 0) is 19.9 Å². The molecule has 0 aliphatic rings. The van der Waals surface area contributed by atoms with Crippen LogP contribution in [0.2, 0.25) is 0 Å². The van der Waals surface area contributed by atoms with Crippen LogP contribution in [0.4, 0.5) is 0 Å². The van der Waals surface area contributed by atoms with Gasteiger partial charge in [0, 0.05) is 11.1 Å². The third-order valence-corrected chi connectivity index (χ3v) is 1.31. The normalized spacial score (nSPS) is 12.9. The molecule has 0 aromatic rings. The maximum atomic E-state index is 11.1. The minimum Gasteiger partial charge on any atom is -0.460 e. The average Bonchev–Trinajstić information content (AvgIpc) is 2.13. The van der Waals surface area contributed by atoms with Crippen molar-refractivity contribution in [1.82, 2.24) is 0 Å². The quantitative estimate of drug-likeness (QED) is 0.313. The molecule has 0 bridgehead atoms. The molecule has 0 radical (unpaired) electrons. The van der Waals surface area contributed by atoms with Crippen LogP contribution in [0.1, 0.15) is 13.8 Å². The number of rotatable bonds is 4. The first-order chi connectivity index (χ1) is 6.47. The third-order valence-electron chi connectivity index (χ3n) is 1.31. The van der Waals surface area contributed by atoms with Crippen molar-refractivity contribution in [3.8, 4) is 6.07 Å². The predicted octanol–water partition coefficient (Wildman–Crippen LogP) is 0.936. The molecule has 14 heavy (non-hydrogen) atoms. The highest BCUT2D eigenvalue weighted by atomic mass is 16.5. The van der Waals surface area contributed by atoms with E-state index in [2.05, 4.69) is 6.58 Å². The monoisotopic (exact) mass is 195 g/mol. The zero-order valence-electron chi connectivity index (χ0n) is 8.28. The Hall–Kier alpha value is -1.60. The molecule has 1 N–H and O–H groups in total. The first kappa shape index (κ1) is 12.4. The molecular weight excluding hydrogens is 182 g/mol. The van der Waals surface area contributed by atoms with E-state index >= 15 is 0 Å². The molecule has 4 nitrogen and oxygen atoms in total. The van der Waals surface area contributed by atoms with E-state index in [1.807, 2.05) is 0 Å². The van der Waals surface area contributed by atoms with Crippen molar-refractivity contribution in [1.29, 1.82) is 5.26 Å². The first-order valence-corrected chi connectivity index (χ1v) is 4.10. The van der Waals surface area contributed by atoms with E-state index in [-0.39, 0.29) is 17.8 Å². The fourth-order valence-electron chi connectivity index (χ4n) is 0.663. The molecule has 0 saturated heterocycles. The SMILES string of the molecule is C=C(C#N)/C=C(\C)C(=O)OCC(C)O. The molecule has 0 spiro atoms. The number of nitrogens with zero attached hydrogens (tertiary/aromatic N) is 1. The lowest BCUT2D eigenvalue weighted by Crippen LogP contribution is -2.15. The standard InChI is InChI=1S/C10H13NO3/c1-7(5-11)4-8(2)10(13)14-6-9(3)12/h4,9,12H,1,6H2,2-3H3/b8-4+. The summed E-state index contributed by atoms with van der Waals surface area (Å²) in [6, 6.07) is 1.79. The van der Waals surface area contributed by atoms with Crippen molar-refractivity contribution in [3.05, 3.63) is 23.8 Å². The summed E-state index contributed by atoms with van der Waals surface area (Å²) in [6.07, 6.45) is 0.649. The molecule has 0 rings (SSSR count). The fraction of sp³-hybridized carbons (Fsp3) is 0.400. The van der Waals surface area contributed by atoms with Crippen molar-refractivity contribution >= 4 is 5.97 Å². The van der Waals surface area contributed by atoms with Crippen molar-refractivity contribution < 1.29 is 14.6 Å². The Morgan fingerprint density at radius 3 is 2.79 bits per heavy atom. The van der Waals surface area contributed by atoms with E-state index in [1.54, 1.807) is 6.07 Å². The number of hydrogen-bond donors (Lipinski definition) is 1. The lowest BCUT2D eigenvalue weighted by molar-refractivity contribution is -0.141. The summed E-state index contributed by atoms with van der Waals surface area (Å²) < 4.78 is 4.70. The number of esters is 1. The van der Waals surface area contributed by atoms with Gasteiger partial charge in [0.15, 0.2) is 0 Å². The Bertz CT molecular complexity index is 297. The lowest BCUT2D eigenvalue weighted by Gasteiger charge is -2.06. The van der Waals surface area contributed by atoms with E-state index < -0.39 is 12.1 Å². The first-order valence-electron chi connectivity index (χ1n) is 4.10. The summed E-state index contributed by atoms with van der Waals surface area (Å²) in [7, 11) is 0. The zero-order valence-corrected chi connectivity index (χ0v) is 8.28. The molecule has 0 aliphatic carbocycles. The van der Waals surface area contributed by atoms with Crippen LogP contribution in [-0.4, -0.2) is 23.8 Å². The van der Waals surface area contributed by atoms with Gasteiger partial charge in [0.05, 0.1) is 12.2 Å². The molecule has 4 heteroatoms. The van der Waals surface area contributed by atoms with Gasteiger partial charge >= 0.3 is 5.97 Å². The molecule has 1 unspecified atom stereocenters. The van der Waals surface area contributed by atoms with Gasteiger partial charge in [0.1, 0.15) is 6.61 Å². The molecule has 0 saturated carbocycles. The Morgan fingerprint density at radius 1 is 1.79 bits per heavy atom. The van der Waals surface area contributed by atoms with E-state index in [9.17, 15) is 4.79 Å².